The van der Waals surface area contributed by atoms with Crippen molar-refractivity contribution in [2.75, 3.05) is 32.0 Å². The van der Waals surface area contributed by atoms with Crippen LogP contribution >= 0.6 is 0 Å². The van der Waals surface area contributed by atoms with Gasteiger partial charge in [-0.15, -0.1) is 0 Å². The van der Waals surface area contributed by atoms with Crippen LogP contribution in [0.1, 0.15) is 26.7 Å². The number of hydrogen-bond donors (Lipinski definition) is 2. The highest BCUT2D eigenvalue weighted by molar-refractivity contribution is 5.88. The van der Waals surface area contributed by atoms with E-state index in [2.05, 4.69) is 12.4 Å². The van der Waals surface area contributed by atoms with Gasteiger partial charge >= 0.3 is 5.97 Å². The Bertz CT molecular complexity index is 621. The molecule has 0 radical (unpaired) electrons. The first-order chi connectivity index (χ1) is 12.1. The maximum absolute atomic E-state index is 11.9. The van der Waals surface area contributed by atoms with Crippen molar-refractivity contribution in [2.24, 2.45) is 0 Å². The Hall–Kier alpha value is -2.45. The average Bonchev–Trinajstić information content (AvgIpc) is 2.95. The molecule has 1 aliphatic rings. The van der Waals surface area contributed by atoms with Crippen LogP contribution in [-0.4, -0.2) is 60.2 Å². The number of ether oxygens (including phenoxy) is 1. The topological polar surface area (TPSA) is 116 Å². The van der Waals surface area contributed by atoms with E-state index in [9.17, 15) is 19.5 Å². The van der Waals surface area contributed by atoms with E-state index >= 15 is 0 Å². The van der Waals surface area contributed by atoms with E-state index in [4.69, 9.17) is 9.84 Å². The van der Waals surface area contributed by atoms with Crippen LogP contribution in [0.15, 0.2) is 24.3 Å². The van der Waals surface area contributed by atoms with Crippen LogP contribution in [-0.2, 0) is 14.4 Å². The first kappa shape index (κ1) is 21.6. The van der Waals surface area contributed by atoms with E-state index in [1.165, 1.54) is 19.8 Å². The average molecular weight is 366 g/mol. The smallest absolute Gasteiger partial charge is 0.367 e. The third-order valence-corrected chi connectivity index (χ3v) is 3.90. The van der Waals surface area contributed by atoms with Crippen molar-refractivity contribution in [1.82, 2.24) is 0 Å². The number of amides is 1. The van der Waals surface area contributed by atoms with Gasteiger partial charge in [0.2, 0.25) is 5.91 Å². The van der Waals surface area contributed by atoms with Gasteiger partial charge in [0.05, 0.1) is 32.2 Å². The summed E-state index contributed by atoms with van der Waals surface area (Å²) in [7, 11) is 2.09. The van der Waals surface area contributed by atoms with E-state index in [1.807, 2.05) is 0 Å². The number of aliphatic hydroxyl groups excluding tert-OH is 1. The van der Waals surface area contributed by atoms with Gasteiger partial charge in [-0.1, -0.05) is 0 Å². The summed E-state index contributed by atoms with van der Waals surface area (Å²) in [5.41, 5.74) is 0.691. The minimum Gasteiger partial charge on any atom is -0.547 e. The fourth-order valence-electron chi connectivity index (χ4n) is 2.54. The highest BCUT2D eigenvalue weighted by Gasteiger charge is 2.30. The predicted octanol–water partition coefficient (Wildman–Crippen LogP) is -0.0921. The van der Waals surface area contributed by atoms with Gasteiger partial charge in [-0.05, 0) is 31.2 Å². The molecule has 26 heavy (non-hydrogen) atoms. The molecule has 1 saturated heterocycles. The summed E-state index contributed by atoms with van der Waals surface area (Å²) in [6.45, 7) is 5.07. The minimum absolute atomic E-state index is 0.124. The third-order valence-electron chi connectivity index (χ3n) is 3.90. The normalized spacial score (nSPS) is 16.0. The number of carbonyl (C=O) groups excluding carboxylic acids is 3. The lowest BCUT2D eigenvalue weighted by molar-refractivity contribution is -0.890. The zero-order valence-electron chi connectivity index (χ0n) is 15.4. The van der Waals surface area contributed by atoms with Gasteiger partial charge in [-0.2, -0.15) is 0 Å². The number of anilines is 1. The monoisotopic (exact) mass is 366 g/mol. The second kappa shape index (κ2) is 9.88. The fourth-order valence-corrected chi connectivity index (χ4v) is 2.54. The number of nitrogens with one attached hydrogen (secondary N) is 1. The second-order valence-electron chi connectivity index (χ2n) is 6.61. The molecule has 1 unspecified atom stereocenters. The van der Waals surface area contributed by atoms with E-state index in [-0.39, 0.29) is 11.9 Å². The molecule has 1 aliphatic heterocycles. The molecule has 0 aromatic heterocycles. The molecule has 8 heteroatoms. The van der Waals surface area contributed by atoms with E-state index in [0.29, 0.717) is 18.0 Å². The molecule has 1 amide bonds. The number of likely N-dealkylation sites (N-methyl/N-ethyl adjacent to an activating group) is 1. The van der Waals surface area contributed by atoms with Crippen molar-refractivity contribution in [3.63, 3.8) is 0 Å². The van der Waals surface area contributed by atoms with Gasteiger partial charge in [0.1, 0.15) is 5.75 Å². The molecule has 8 nitrogen and oxygen atoms in total. The predicted molar refractivity (Wildman–Crippen MR) is 93.1 cm³/mol. The molecule has 0 spiro atoms. The summed E-state index contributed by atoms with van der Waals surface area (Å²) >= 11 is 0. The van der Waals surface area contributed by atoms with Gasteiger partial charge in [-0.3, -0.25) is 4.79 Å². The lowest BCUT2D eigenvalue weighted by atomic mass is 10.3. The molecule has 2 N–H and O–H groups in total. The van der Waals surface area contributed by atoms with Gasteiger partial charge in [0, 0.05) is 25.5 Å². The van der Waals surface area contributed by atoms with Gasteiger partial charge in [0.15, 0.2) is 6.54 Å². The summed E-state index contributed by atoms with van der Waals surface area (Å²) in [5, 5.41) is 20.0. The molecule has 0 bridgehead atoms. The van der Waals surface area contributed by atoms with E-state index in [1.54, 1.807) is 24.3 Å². The summed E-state index contributed by atoms with van der Waals surface area (Å²) in [5.74, 6) is -1.26. The Morgan fingerprint density at radius 1 is 1.23 bits per heavy atom. The number of hydrogen-bond acceptors (Lipinski definition) is 6. The largest absolute Gasteiger partial charge is 0.547 e. The number of likely N-dealkylation sites (tertiary alicyclic amines) is 1. The lowest BCUT2D eigenvalue weighted by Gasteiger charge is -2.27. The fraction of sp³-hybridized carbons (Fsp3) is 0.500. The second-order valence-corrected chi connectivity index (χ2v) is 6.61. The van der Waals surface area contributed by atoms with Crippen molar-refractivity contribution in [1.29, 1.82) is 0 Å². The number of carboxylic acid groups (broad SMARTS) is 1. The number of esters is 1. The summed E-state index contributed by atoms with van der Waals surface area (Å²) in [6, 6.07) is 6.81. The highest BCUT2D eigenvalue weighted by atomic mass is 16.5. The summed E-state index contributed by atoms with van der Waals surface area (Å²) < 4.78 is 6.10. The third kappa shape index (κ3) is 8.09. The quantitative estimate of drug-likeness (QED) is 0.427. The van der Waals surface area contributed by atoms with E-state index < -0.39 is 12.1 Å². The van der Waals surface area contributed by atoms with Gasteiger partial charge < -0.3 is 29.5 Å². The number of aliphatic carboxylic acids is 1. The first-order valence-corrected chi connectivity index (χ1v) is 8.42. The minimum atomic E-state index is -1.44. The number of quaternary nitrogens is 1. The molecule has 144 valence electrons. The molecule has 1 heterocycles. The standard InChI is InChI=1S/C15H20N2O3.C3H6O3/c1-12(18)16-13-5-7-14(8-6-13)20-15(19)11-17(2)9-3-4-10-17;1-2(4)3(5)6/h5-8H,3-4,9-11H2,1-2H3;2,4H,1H3,(H,5,6). The molecule has 1 aromatic rings. The maximum Gasteiger partial charge on any atom is 0.367 e. The molecule has 1 aromatic carbocycles. The molecule has 1 atom stereocenters. The van der Waals surface area contributed by atoms with Crippen LogP contribution in [0.4, 0.5) is 5.69 Å². The Balaban J connectivity index is 0.000000487. The van der Waals surface area contributed by atoms with Crippen molar-refractivity contribution in [3.05, 3.63) is 24.3 Å². The lowest BCUT2D eigenvalue weighted by Crippen LogP contribution is -2.46. The SMILES string of the molecule is CC(=O)Nc1ccc(OC(=O)C[N+]2(C)CCCC2)cc1.CC(O)C(=O)[O-]. The zero-order valence-corrected chi connectivity index (χ0v) is 15.4. The highest BCUT2D eigenvalue weighted by Crippen LogP contribution is 2.18. The van der Waals surface area contributed by atoms with Crippen molar-refractivity contribution in [3.8, 4) is 5.75 Å². The zero-order chi connectivity index (χ0) is 19.7. The Labute approximate surface area is 153 Å². The number of aliphatic hydroxyl groups is 1. The Kier molecular flexibility index (Phi) is 8.21. The molecule has 0 aliphatic carbocycles. The first-order valence-electron chi connectivity index (χ1n) is 8.42. The Morgan fingerprint density at radius 3 is 2.15 bits per heavy atom. The molecule has 1 fully saturated rings. The molecular formula is C18H26N2O6. The molecule has 2 rings (SSSR count). The van der Waals surface area contributed by atoms with Crippen LogP contribution in [0.2, 0.25) is 0 Å². The number of carboxylic acids is 1. The van der Waals surface area contributed by atoms with Crippen LogP contribution in [0, 0.1) is 0 Å². The van der Waals surface area contributed by atoms with Crippen LogP contribution in [0.25, 0.3) is 0 Å². The van der Waals surface area contributed by atoms with Crippen LogP contribution in [0.3, 0.4) is 0 Å². The summed E-state index contributed by atoms with van der Waals surface area (Å²) in [4.78, 5) is 32.2. The van der Waals surface area contributed by atoms with Crippen molar-refractivity contribution >= 4 is 23.5 Å². The molecule has 0 saturated carbocycles. The number of rotatable bonds is 5. The van der Waals surface area contributed by atoms with Crippen molar-refractivity contribution < 1.29 is 33.8 Å². The number of carbonyl (C=O) groups is 3. The Morgan fingerprint density at radius 2 is 1.73 bits per heavy atom. The maximum atomic E-state index is 11.9. The number of nitrogens with zero attached hydrogens (tertiary/aromatic N) is 1. The van der Waals surface area contributed by atoms with Crippen molar-refractivity contribution in [2.45, 2.75) is 32.8 Å². The van der Waals surface area contributed by atoms with Gasteiger partial charge in [-0.25, -0.2) is 4.79 Å². The molecular weight excluding hydrogens is 340 g/mol. The van der Waals surface area contributed by atoms with Crippen LogP contribution in [0.5, 0.6) is 5.75 Å². The van der Waals surface area contributed by atoms with Crippen LogP contribution < -0.4 is 15.2 Å². The van der Waals surface area contributed by atoms with Gasteiger partial charge in [0.25, 0.3) is 0 Å². The van der Waals surface area contributed by atoms with E-state index in [0.717, 1.165) is 24.5 Å². The number of benzene rings is 1. The summed E-state index contributed by atoms with van der Waals surface area (Å²) in [6.07, 6.45) is 1.01.